The topological polar surface area (TPSA) is 75.7 Å². The number of urea groups is 1. The zero-order chi connectivity index (χ0) is 29.0. The van der Waals surface area contributed by atoms with Gasteiger partial charge in [0.2, 0.25) is 0 Å². The van der Waals surface area contributed by atoms with Crippen LogP contribution in [0.3, 0.4) is 0 Å². The number of carbonyl (C=O) groups excluding carboxylic acids is 3. The summed E-state index contributed by atoms with van der Waals surface area (Å²) in [5.41, 5.74) is 4.87. The third kappa shape index (κ3) is 5.06. The number of rotatable bonds is 6. The molecular weight excluding hydrogens is 639 g/mol. The molecule has 0 radical (unpaired) electrons. The summed E-state index contributed by atoms with van der Waals surface area (Å²) in [7, 11) is 0. The molecule has 1 saturated heterocycles. The van der Waals surface area contributed by atoms with E-state index in [1.165, 1.54) is 55.7 Å². The highest BCUT2D eigenvalue weighted by Gasteiger charge is 2.51. The molecule has 1 aliphatic heterocycles. The van der Waals surface area contributed by atoms with Crippen LogP contribution < -0.4 is 15.0 Å². The number of hydrogen-bond donors (Lipinski definition) is 1. The molecule has 3 aromatic rings. The van der Waals surface area contributed by atoms with Gasteiger partial charge in [-0.3, -0.25) is 14.9 Å². The fourth-order valence-corrected chi connectivity index (χ4v) is 8.87. The maximum absolute atomic E-state index is 13.5. The molecule has 42 heavy (non-hydrogen) atoms. The summed E-state index contributed by atoms with van der Waals surface area (Å²) in [6.07, 6.45) is 9.42. The summed E-state index contributed by atoms with van der Waals surface area (Å²) < 4.78 is 6.87. The summed E-state index contributed by atoms with van der Waals surface area (Å²) in [6, 6.07) is 20.9. The quantitative estimate of drug-likeness (QED) is 0.169. The van der Waals surface area contributed by atoms with E-state index in [-0.39, 0.29) is 11.0 Å². The molecule has 7 heteroatoms. The van der Waals surface area contributed by atoms with E-state index in [4.69, 9.17) is 4.74 Å². The largest absolute Gasteiger partial charge is 0.488 e. The number of halogens is 1. The van der Waals surface area contributed by atoms with Crippen molar-refractivity contribution in [3.05, 3.63) is 98.1 Å². The number of aryl methyl sites for hydroxylation is 1. The molecule has 0 atom stereocenters. The molecule has 8 rings (SSSR count). The zero-order valence-corrected chi connectivity index (χ0v) is 25.7. The van der Waals surface area contributed by atoms with E-state index in [1.807, 2.05) is 55.5 Å². The van der Waals surface area contributed by atoms with Crippen LogP contribution in [0.25, 0.3) is 6.08 Å². The van der Waals surface area contributed by atoms with Gasteiger partial charge in [-0.15, -0.1) is 0 Å². The lowest BCUT2D eigenvalue weighted by molar-refractivity contribution is -0.122. The molecule has 1 N–H and O–H groups in total. The summed E-state index contributed by atoms with van der Waals surface area (Å²) in [5, 5.41) is 2.35. The van der Waals surface area contributed by atoms with E-state index >= 15 is 0 Å². The first-order valence-corrected chi connectivity index (χ1v) is 15.8. The highest BCUT2D eigenvalue weighted by molar-refractivity contribution is 14.1. The molecule has 0 spiro atoms. The van der Waals surface area contributed by atoms with Crippen LogP contribution in [0, 0.1) is 28.2 Å². The van der Waals surface area contributed by atoms with Gasteiger partial charge in [0.25, 0.3) is 11.8 Å². The van der Waals surface area contributed by atoms with Gasteiger partial charge >= 0.3 is 6.03 Å². The first-order chi connectivity index (χ1) is 20.3. The molecule has 4 bridgehead atoms. The molecule has 0 aromatic heterocycles. The van der Waals surface area contributed by atoms with Crippen molar-refractivity contribution in [3.8, 4) is 5.75 Å². The molecule has 5 fully saturated rings. The van der Waals surface area contributed by atoms with Crippen molar-refractivity contribution in [2.24, 2.45) is 17.8 Å². The van der Waals surface area contributed by atoms with E-state index in [9.17, 15) is 14.4 Å². The Morgan fingerprint density at radius 1 is 0.929 bits per heavy atom. The molecule has 4 saturated carbocycles. The van der Waals surface area contributed by atoms with Gasteiger partial charge in [-0.2, -0.15) is 0 Å². The normalized spacial score (nSPS) is 27.5. The first-order valence-electron chi connectivity index (χ1n) is 14.8. The number of benzene rings is 3. The highest BCUT2D eigenvalue weighted by atomic mass is 127. The Bertz CT molecular complexity index is 1590. The molecule has 3 aromatic carbocycles. The lowest BCUT2D eigenvalue weighted by Crippen LogP contribution is -2.54. The maximum atomic E-state index is 13.5. The molecule has 214 valence electrons. The fraction of sp³-hybridized carbons (Fsp3) is 0.343. The van der Waals surface area contributed by atoms with Crippen LogP contribution in [0.15, 0.2) is 72.3 Å². The Morgan fingerprint density at radius 3 is 2.26 bits per heavy atom. The SMILES string of the molecule is Cc1cccc(COc2ccc(/C=C3\C(=O)NC(=O)N(c4ccc(C56CC7CC(CC(C7)C5)C6)cc4)C3=O)cc2I)c1. The number of imide groups is 2. The van der Waals surface area contributed by atoms with E-state index in [0.29, 0.717) is 17.9 Å². The monoisotopic (exact) mass is 672 g/mol. The summed E-state index contributed by atoms with van der Waals surface area (Å²) >= 11 is 2.19. The molecule has 1 heterocycles. The number of anilines is 1. The van der Waals surface area contributed by atoms with Crippen molar-refractivity contribution < 1.29 is 19.1 Å². The zero-order valence-electron chi connectivity index (χ0n) is 23.6. The lowest BCUT2D eigenvalue weighted by Gasteiger charge is -2.57. The first kappa shape index (κ1) is 27.4. The highest BCUT2D eigenvalue weighted by Crippen LogP contribution is 2.60. The van der Waals surface area contributed by atoms with Gasteiger partial charge in [-0.25, -0.2) is 9.69 Å². The van der Waals surface area contributed by atoms with Crippen LogP contribution in [0.4, 0.5) is 10.5 Å². The number of amides is 4. The van der Waals surface area contributed by atoms with E-state index < -0.39 is 17.8 Å². The Balaban J connectivity index is 1.09. The van der Waals surface area contributed by atoms with Gasteiger partial charge in [-0.05, 0) is 138 Å². The van der Waals surface area contributed by atoms with Crippen molar-refractivity contribution in [2.45, 2.75) is 57.5 Å². The second-order valence-electron chi connectivity index (χ2n) is 12.7. The van der Waals surface area contributed by atoms with Gasteiger partial charge in [0.05, 0.1) is 9.26 Å². The number of carbonyl (C=O) groups is 3. The van der Waals surface area contributed by atoms with Crippen molar-refractivity contribution in [1.29, 1.82) is 0 Å². The van der Waals surface area contributed by atoms with Crippen molar-refractivity contribution >= 4 is 52.2 Å². The van der Waals surface area contributed by atoms with Crippen LogP contribution in [-0.2, 0) is 21.6 Å². The fourth-order valence-electron chi connectivity index (χ4n) is 8.17. The van der Waals surface area contributed by atoms with Crippen LogP contribution in [-0.4, -0.2) is 17.8 Å². The van der Waals surface area contributed by atoms with Gasteiger partial charge in [-0.1, -0.05) is 48.0 Å². The molecule has 6 nitrogen and oxygen atoms in total. The Labute approximate surface area is 259 Å². The number of barbiturate groups is 1. The van der Waals surface area contributed by atoms with Crippen LogP contribution in [0.1, 0.15) is 60.8 Å². The third-order valence-electron chi connectivity index (χ3n) is 9.62. The predicted molar refractivity (Wildman–Crippen MR) is 170 cm³/mol. The Hall–Kier alpha value is -3.46. The van der Waals surface area contributed by atoms with Gasteiger partial charge in [0, 0.05) is 0 Å². The summed E-state index contributed by atoms with van der Waals surface area (Å²) in [4.78, 5) is 40.2. The van der Waals surface area contributed by atoms with Gasteiger partial charge < -0.3 is 4.74 Å². The lowest BCUT2D eigenvalue weighted by atomic mass is 9.48. The Kier molecular flexibility index (Phi) is 6.95. The van der Waals surface area contributed by atoms with E-state index in [1.54, 1.807) is 0 Å². The molecule has 0 unspecified atom stereocenters. The maximum Gasteiger partial charge on any atom is 0.335 e. The predicted octanol–water partition coefficient (Wildman–Crippen LogP) is 7.31. The number of nitrogens with zero attached hydrogens (tertiary/aromatic N) is 1. The second kappa shape index (κ2) is 10.7. The van der Waals surface area contributed by atoms with E-state index in [0.717, 1.165) is 37.5 Å². The van der Waals surface area contributed by atoms with Crippen molar-refractivity contribution in [1.82, 2.24) is 5.32 Å². The summed E-state index contributed by atoms with van der Waals surface area (Å²) in [6.45, 7) is 2.49. The average molecular weight is 673 g/mol. The van der Waals surface area contributed by atoms with Gasteiger partial charge in [0.15, 0.2) is 0 Å². The minimum atomic E-state index is -0.723. The smallest absolute Gasteiger partial charge is 0.335 e. The summed E-state index contributed by atoms with van der Waals surface area (Å²) in [5.74, 6) is 1.90. The van der Waals surface area contributed by atoms with Gasteiger partial charge in [0.1, 0.15) is 17.9 Å². The Morgan fingerprint density at radius 2 is 1.62 bits per heavy atom. The number of hydrogen-bond acceptors (Lipinski definition) is 4. The average Bonchev–Trinajstić information content (AvgIpc) is 2.94. The standard InChI is InChI=1S/C35H33IN2O4/c1-21-3-2-4-23(11-21)20-42-31-10-5-22(16-30(31)36)15-29-32(39)37-34(41)38(33(29)40)28-8-6-27(7-9-28)35-17-24-12-25(18-35)14-26(13-24)19-35/h2-11,15-16,24-26H,12-14,17-20H2,1H3,(H,37,39,41)/b29-15+. The van der Waals surface area contributed by atoms with Crippen LogP contribution >= 0.6 is 22.6 Å². The molecule has 4 amide bonds. The number of ether oxygens (including phenoxy) is 1. The molecule has 5 aliphatic rings. The van der Waals surface area contributed by atoms with Crippen LogP contribution in [0.2, 0.25) is 0 Å². The minimum Gasteiger partial charge on any atom is -0.488 e. The second-order valence-corrected chi connectivity index (χ2v) is 13.8. The van der Waals surface area contributed by atoms with E-state index in [2.05, 4.69) is 46.1 Å². The van der Waals surface area contributed by atoms with Crippen molar-refractivity contribution in [3.63, 3.8) is 0 Å². The van der Waals surface area contributed by atoms with Crippen LogP contribution in [0.5, 0.6) is 5.75 Å². The minimum absolute atomic E-state index is 0.0796. The number of nitrogens with one attached hydrogen (secondary N) is 1. The molecular formula is C35H33IN2O4. The third-order valence-corrected chi connectivity index (χ3v) is 10.5. The van der Waals surface area contributed by atoms with Crippen molar-refractivity contribution in [2.75, 3.05) is 4.90 Å². The molecule has 4 aliphatic carbocycles.